The molecule has 1 amide bonds. The van der Waals surface area contributed by atoms with Crippen LogP contribution in [0.15, 0.2) is 33.7 Å². The standard InChI is InChI=1S/C25H24F3N9O3S/c1-4-5-8-36-22(39)18-19(34(3)24(36)40)31-13-37(18)14(2)20(38)32-17-12-41-21(33-17)15-10-29-23(30-11-15)35-9-6-7-16(35)25(26,27)28/h10-14,16H,6-9H2,1-3H3,(H,32,38)/t14-,16+/m0/s1. The first-order valence-corrected chi connectivity index (χ1v) is 13.4. The molecule has 1 aliphatic rings. The number of nitrogens with one attached hydrogen (secondary N) is 1. The van der Waals surface area contributed by atoms with E-state index in [0.29, 0.717) is 17.0 Å². The smallest absolute Gasteiger partial charge is 0.329 e. The monoisotopic (exact) mass is 587 g/mol. The van der Waals surface area contributed by atoms with Crippen LogP contribution in [-0.2, 0) is 18.4 Å². The van der Waals surface area contributed by atoms with E-state index in [1.165, 1.54) is 46.2 Å². The highest BCUT2D eigenvalue weighted by atomic mass is 32.1. The molecule has 1 saturated heterocycles. The number of aryl methyl sites for hydroxylation is 1. The summed E-state index contributed by atoms with van der Waals surface area (Å²) in [5.74, 6) is 5.09. The number of alkyl halides is 3. The second kappa shape index (κ2) is 10.8. The Bertz CT molecular complexity index is 1790. The molecule has 1 aliphatic heterocycles. The summed E-state index contributed by atoms with van der Waals surface area (Å²) in [5.41, 5.74) is -0.491. The van der Waals surface area contributed by atoms with Gasteiger partial charge in [-0.25, -0.2) is 29.3 Å². The van der Waals surface area contributed by atoms with Crippen molar-refractivity contribution >= 4 is 40.2 Å². The molecule has 0 aliphatic carbocycles. The van der Waals surface area contributed by atoms with Gasteiger partial charge in [-0.1, -0.05) is 5.92 Å². The summed E-state index contributed by atoms with van der Waals surface area (Å²) in [5, 5.41) is 4.75. The Morgan fingerprint density at radius 2 is 1.98 bits per heavy atom. The fraction of sp³-hybridized carbons (Fsp3) is 0.400. The van der Waals surface area contributed by atoms with Crippen molar-refractivity contribution in [3.05, 3.63) is 44.9 Å². The van der Waals surface area contributed by atoms with E-state index in [1.54, 1.807) is 19.2 Å². The van der Waals surface area contributed by atoms with E-state index in [-0.39, 0.29) is 42.4 Å². The van der Waals surface area contributed by atoms with E-state index in [4.69, 9.17) is 0 Å². The number of halogens is 3. The number of fused-ring (bicyclic) bond motifs is 1. The van der Waals surface area contributed by atoms with Gasteiger partial charge in [0.1, 0.15) is 22.9 Å². The van der Waals surface area contributed by atoms with Gasteiger partial charge in [0.25, 0.3) is 5.56 Å². The van der Waals surface area contributed by atoms with Crippen molar-refractivity contribution in [2.45, 2.75) is 51.5 Å². The number of imidazole rings is 1. The summed E-state index contributed by atoms with van der Waals surface area (Å²) < 4.78 is 43.5. The van der Waals surface area contributed by atoms with E-state index in [2.05, 4.69) is 37.1 Å². The maximum Gasteiger partial charge on any atom is 0.408 e. The molecule has 0 saturated carbocycles. The van der Waals surface area contributed by atoms with Crippen LogP contribution in [0.4, 0.5) is 24.9 Å². The van der Waals surface area contributed by atoms with Crippen LogP contribution in [0.5, 0.6) is 0 Å². The van der Waals surface area contributed by atoms with Crippen LogP contribution in [0.3, 0.4) is 0 Å². The van der Waals surface area contributed by atoms with Crippen LogP contribution in [0.1, 0.15) is 32.7 Å². The fourth-order valence-corrected chi connectivity index (χ4v) is 5.35. The van der Waals surface area contributed by atoms with Crippen molar-refractivity contribution in [3.63, 3.8) is 0 Å². The molecule has 0 unspecified atom stereocenters. The number of carbonyl (C=O) groups excluding carboxylic acids is 1. The molecule has 0 spiro atoms. The molecule has 214 valence electrons. The van der Waals surface area contributed by atoms with Crippen molar-refractivity contribution in [1.82, 2.24) is 33.6 Å². The maximum absolute atomic E-state index is 13.3. The third-order valence-electron chi connectivity index (χ3n) is 6.80. The van der Waals surface area contributed by atoms with Crippen molar-refractivity contribution in [3.8, 4) is 22.4 Å². The van der Waals surface area contributed by atoms with Gasteiger partial charge in [-0.2, -0.15) is 13.2 Å². The summed E-state index contributed by atoms with van der Waals surface area (Å²) in [6.07, 6.45) is 0.158. The Morgan fingerprint density at radius 3 is 2.66 bits per heavy atom. The number of aromatic nitrogens is 7. The number of rotatable bonds is 6. The van der Waals surface area contributed by atoms with E-state index < -0.39 is 35.4 Å². The Hall–Kier alpha value is -4.52. The topological polar surface area (TPSA) is 133 Å². The van der Waals surface area contributed by atoms with Crippen LogP contribution < -0.4 is 21.5 Å². The average molecular weight is 588 g/mol. The van der Waals surface area contributed by atoms with E-state index >= 15 is 0 Å². The zero-order valence-electron chi connectivity index (χ0n) is 22.1. The van der Waals surface area contributed by atoms with Crippen molar-refractivity contribution in [2.24, 2.45) is 7.05 Å². The predicted octanol–water partition coefficient (Wildman–Crippen LogP) is 2.56. The minimum absolute atomic E-state index is 0.000756. The zero-order chi connectivity index (χ0) is 29.5. The molecule has 0 aromatic carbocycles. The average Bonchev–Trinajstić information content (AvgIpc) is 3.71. The molecule has 4 aromatic heterocycles. The molecule has 4 aromatic rings. The lowest BCUT2D eigenvalue weighted by Gasteiger charge is -2.26. The maximum atomic E-state index is 13.3. The molecule has 1 fully saturated rings. The van der Waals surface area contributed by atoms with Crippen LogP contribution >= 0.6 is 11.3 Å². The molecular weight excluding hydrogens is 563 g/mol. The van der Waals surface area contributed by atoms with Gasteiger partial charge in [0, 0.05) is 36.9 Å². The van der Waals surface area contributed by atoms with Crippen molar-refractivity contribution in [1.29, 1.82) is 0 Å². The summed E-state index contributed by atoms with van der Waals surface area (Å²) in [6, 6.07) is -2.51. The van der Waals surface area contributed by atoms with Gasteiger partial charge in [0.05, 0.1) is 12.9 Å². The number of hydrogen-bond acceptors (Lipinski definition) is 9. The first-order chi connectivity index (χ1) is 19.5. The summed E-state index contributed by atoms with van der Waals surface area (Å²) >= 11 is 1.19. The van der Waals surface area contributed by atoms with Crippen molar-refractivity contribution < 1.29 is 18.0 Å². The van der Waals surface area contributed by atoms with E-state index in [0.717, 1.165) is 9.47 Å². The highest BCUT2D eigenvalue weighted by Gasteiger charge is 2.46. The lowest BCUT2D eigenvalue weighted by atomic mass is 10.2. The minimum atomic E-state index is -4.36. The summed E-state index contributed by atoms with van der Waals surface area (Å²) in [6.45, 7) is 3.29. The molecular formula is C25H24F3N9O3S. The van der Waals surface area contributed by atoms with Crippen LogP contribution in [-0.4, -0.2) is 58.3 Å². The Balaban J connectivity index is 1.34. The highest BCUT2D eigenvalue weighted by molar-refractivity contribution is 7.13. The third kappa shape index (κ3) is 5.20. The van der Waals surface area contributed by atoms with Gasteiger partial charge in [0.2, 0.25) is 11.9 Å². The van der Waals surface area contributed by atoms with Gasteiger partial charge >= 0.3 is 11.9 Å². The zero-order valence-corrected chi connectivity index (χ0v) is 23.0. The van der Waals surface area contributed by atoms with Crippen molar-refractivity contribution in [2.75, 3.05) is 16.8 Å². The van der Waals surface area contributed by atoms with Gasteiger partial charge < -0.3 is 14.8 Å². The molecule has 5 heterocycles. The molecule has 5 rings (SSSR count). The molecule has 12 nitrogen and oxygen atoms in total. The summed E-state index contributed by atoms with van der Waals surface area (Å²) in [4.78, 5) is 56.8. The molecule has 16 heteroatoms. The Labute approximate surface area is 234 Å². The number of amides is 1. The molecule has 2 atom stereocenters. The normalized spacial score (nSPS) is 16.0. The lowest BCUT2D eigenvalue weighted by molar-refractivity contribution is -0.146. The SMILES string of the molecule is CC#CCn1c(=O)c2c(ncn2[C@@H](C)C(=O)Nc2csc(-c3cnc(N4CCC[C@@H]4C(F)(F)F)nc3)n2)n(C)c1=O. The van der Waals surface area contributed by atoms with Gasteiger partial charge in [0.15, 0.2) is 11.2 Å². The Kier molecular flexibility index (Phi) is 7.39. The largest absolute Gasteiger partial charge is 0.408 e. The molecule has 0 radical (unpaired) electrons. The molecule has 41 heavy (non-hydrogen) atoms. The quantitative estimate of drug-likeness (QED) is 0.341. The molecule has 1 N–H and O–H groups in total. The van der Waals surface area contributed by atoms with Crippen LogP contribution in [0.2, 0.25) is 0 Å². The van der Waals surface area contributed by atoms with Gasteiger partial charge in [-0.3, -0.25) is 14.2 Å². The lowest BCUT2D eigenvalue weighted by Crippen LogP contribution is -2.42. The number of carbonyl (C=O) groups is 1. The number of anilines is 2. The third-order valence-corrected chi connectivity index (χ3v) is 7.69. The predicted molar refractivity (Wildman–Crippen MR) is 146 cm³/mol. The Morgan fingerprint density at radius 1 is 1.24 bits per heavy atom. The summed E-state index contributed by atoms with van der Waals surface area (Å²) in [7, 11) is 1.48. The van der Waals surface area contributed by atoms with Crippen LogP contribution in [0.25, 0.3) is 21.7 Å². The first kappa shape index (κ1) is 28.0. The number of thiazole rings is 1. The first-order valence-electron chi connectivity index (χ1n) is 12.5. The number of nitrogens with zero attached hydrogens (tertiary/aromatic N) is 8. The van der Waals surface area contributed by atoms with E-state index in [9.17, 15) is 27.6 Å². The highest BCUT2D eigenvalue weighted by Crippen LogP contribution is 2.35. The molecule has 0 bridgehead atoms. The second-order valence-corrected chi connectivity index (χ2v) is 10.2. The minimum Gasteiger partial charge on any atom is -0.329 e. The second-order valence-electron chi connectivity index (χ2n) is 9.35. The fourth-order valence-electron chi connectivity index (χ4n) is 4.63. The van der Waals surface area contributed by atoms with Gasteiger partial charge in [-0.15, -0.1) is 17.3 Å². The van der Waals surface area contributed by atoms with Crippen LogP contribution in [0, 0.1) is 11.8 Å². The van der Waals surface area contributed by atoms with Gasteiger partial charge in [-0.05, 0) is 26.7 Å². The number of hydrogen-bond donors (Lipinski definition) is 1. The van der Waals surface area contributed by atoms with E-state index in [1.807, 2.05) is 0 Å².